The molecule has 0 bridgehead atoms. The number of halogens is 1. The molecule has 1 aliphatic rings. The lowest BCUT2D eigenvalue weighted by molar-refractivity contribution is 0.0685. The van der Waals surface area contributed by atoms with Crippen LogP contribution in [-0.4, -0.2) is 42.6 Å². The topological polar surface area (TPSA) is 126 Å². The number of carbonyl (C=O) groups excluding carboxylic acids is 1. The summed E-state index contributed by atoms with van der Waals surface area (Å²) in [5, 5.41) is 19.3. The van der Waals surface area contributed by atoms with E-state index in [0.29, 0.717) is 12.8 Å². The molecule has 1 fully saturated rings. The third-order valence-corrected chi connectivity index (χ3v) is 6.52. The Balaban J connectivity index is 2.32. The van der Waals surface area contributed by atoms with E-state index in [1.165, 1.54) is 13.0 Å². The summed E-state index contributed by atoms with van der Waals surface area (Å²) in [5.41, 5.74) is -1.04. The summed E-state index contributed by atoms with van der Waals surface area (Å²) in [7, 11) is -3.84. The lowest BCUT2D eigenvalue weighted by Gasteiger charge is -2.25. The molecule has 0 saturated heterocycles. The second-order valence-electron chi connectivity index (χ2n) is 7.37. The Hall–Kier alpha value is -3.07. The molecule has 0 unspecified atom stereocenters. The molecule has 1 saturated carbocycles. The third kappa shape index (κ3) is 3.72. The van der Waals surface area contributed by atoms with E-state index in [1.807, 2.05) is 0 Å². The molecular weight excluding hydrogens is 415 g/mol. The molecule has 2 N–H and O–H groups in total. The van der Waals surface area contributed by atoms with Gasteiger partial charge in [-0.25, -0.2) is 22.4 Å². The molecule has 3 rings (SSSR count). The first-order valence-electron chi connectivity index (χ1n) is 9.11. The molecule has 0 aliphatic heterocycles. The predicted octanol–water partition coefficient (Wildman–Crippen LogP) is 3.58. The van der Waals surface area contributed by atoms with Crippen LogP contribution in [0.25, 0.3) is 11.1 Å². The van der Waals surface area contributed by atoms with Crippen molar-refractivity contribution in [1.82, 2.24) is 0 Å². The van der Waals surface area contributed by atoms with Gasteiger partial charge in [0, 0.05) is 17.7 Å². The first kappa shape index (κ1) is 21.6. The largest absolute Gasteiger partial charge is 0.478 e. The summed E-state index contributed by atoms with van der Waals surface area (Å²) >= 11 is 0. The van der Waals surface area contributed by atoms with Gasteiger partial charge in [0.2, 0.25) is 0 Å². The first-order valence-corrected chi connectivity index (χ1v) is 11.0. The fraction of sp³-hybridized carbons (Fsp3) is 0.286. The highest BCUT2D eigenvalue weighted by molar-refractivity contribution is 7.90. The Morgan fingerprint density at radius 1 is 1.03 bits per heavy atom. The number of benzene rings is 2. The smallest absolute Gasteiger partial charge is 0.336 e. The second kappa shape index (κ2) is 7.64. The average Bonchev–Trinajstić information content (AvgIpc) is 2.57. The molecule has 0 heterocycles. The number of aromatic carboxylic acids is 2. The maximum atomic E-state index is 14.4. The fourth-order valence-electron chi connectivity index (χ4n) is 3.65. The van der Waals surface area contributed by atoms with Gasteiger partial charge in [0.1, 0.15) is 10.7 Å². The van der Waals surface area contributed by atoms with Crippen LogP contribution in [-0.2, 0) is 9.84 Å². The van der Waals surface area contributed by atoms with Crippen LogP contribution < -0.4 is 0 Å². The number of ketones is 1. The first-order chi connectivity index (χ1) is 13.9. The van der Waals surface area contributed by atoms with Crippen LogP contribution in [0.4, 0.5) is 4.39 Å². The van der Waals surface area contributed by atoms with Crippen LogP contribution >= 0.6 is 0 Å². The number of sulfone groups is 1. The maximum absolute atomic E-state index is 14.4. The number of hydrogen-bond acceptors (Lipinski definition) is 5. The second-order valence-corrected chi connectivity index (χ2v) is 9.35. The normalized spacial score (nSPS) is 14.2. The Bertz CT molecular complexity index is 1190. The van der Waals surface area contributed by atoms with Gasteiger partial charge in [0.25, 0.3) is 0 Å². The summed E-state index contributed by atoms with van der Waals surface area (Å²) in [6, 6.07) is 4.28. The van der Waals surface area contributed by atoms with Crippen molar-refractivity contribution in [3.8, 4) is 11.1 Å². The van der Waals surface area contributed by atoms with Gasteiger partial charge in [-0.3, -0.25) is 4.79 Å². The van der Waals surface area contributed by atoms with Crippen LogP contribution in [0.3, 0.4) is 0 Å². The molecule has 2 aromatic carbocycles. The number of hydrogen-bond donors (Lipinski definition) is 2. The number of carboxylic acid groups (broad SMARTS) is 2. The summed E-state index contributed by atoms with van der Waals surface area (Å²) in [4.78, 5) is 36.1. The highest BCUT2D eigenvalue weighted by atomic mass is 32.2. The number of carbonyl (C=O) groups is 3. The van der Waals surface area contributed by atoms with Crippen LogP contribution in [0.15, 0.2) is 29.2 Å². The highest BCUT2D eigenvalue weighted by Crippen LogP contribution is 2.36. The number of carboxylic acids is 2. The molecular formula is C21H19FO7S. The van der Waals surface area contributed by atoms with Crippen molar-refractivity contribution >= 4 is 27.6 Å². The Morgan fingerprint density at radius 2 is 1.63 bits per heavy atom. The van der Waals surface area contributed by atoms with Gasteiger partial charge in [-0.2, -0.15) is 0 Å². The molecule has 0 spiro atoms. The lowest BCUT2D eigenvalue weighted by atomic mass is 9.77. The van der Waals surface area contributed by atoms with Gasteiger partial charge in [-0.05, 0) is 54.7 Å². The quantitative estimate of drug-likeness (QED) is 0.666. The zero-order valence-electron chi connectivity index (χ0n) is 16.2. The van der Waals surface area contributed by atoms with Gasteiger partial charge in [-0.1, -0.05) is 12.5 Å². The minimum Gasteiger partial charge on any atom is -0.478 e. The molecule has 0 atom stereocenters. The van der Waals surface area contributed by atoms with Crippen molar-refractivity contribution in [3.05, 3.63) is 52.3 Å². The van der Waals surface area contributed by atoms with E-state index in [-0.39, 0.29) is 39.3 Å². The molecule has 0 aromatic heterocycles. The molecule has 30 heavy (non-hydrogen) atoms. The van der Waals surface area contributed by atoms with Crippen LogP contribution in [0.2, 0.25) is 0 Å². The zero-order valence-corrected chi connectivity index (χ0v) is 17.0. The SMILES string of the molecule is Cc1c(C(=O)O)c(C(=O)C2CCC2)cc(-c2ccc(S(C)(=O)=O)c(F)c2)c1C(=O)O. The van der Waals surface area contributed by atoms with Gasteiger partial charge in [0.05, 0.1) is 11.1 Å². The lowest BCUT2D eigenvalue weighted by Crippen LogP contribution is -2.25. The standard InChI is InChI=1S/C21H19FO7S/c1-10-17(20(24)25)13(12-6-7-16(15(22)8-12)30(2,28)29)9-14(18(10)21(26)27)19(23)11-4-3-5-11/h6-9,11H,3-5H2,1-2H3,(H,24,25)(H,26,27). The van der Waals surface area contributed by atoms with Crippen LogP contribution in [0.1, 0.15) is 55.9 Å². The van der Waals surface area contributed by atoms with Gasteiger partial charge < -0.3 is 10.2 Å². The van der Waals surface area contributed by atoms with E-state index in [4.69, 9.17) is 0 Å². The van der Waals surface area contributed by atoms with Crippen molar-refractivity contribution in [3.63, 3.8) is 0 Å². The minimum absolute atomic E-state index is 0.0278. The highest BCUT2D eigenvalue weighted by Gasteiger charge is 2.33. The Kier molecular flexibility index (Phi) is 5.51. The molecule has 1 aliphatic carbocycles. The number of Topliss-reactive ketones (excluding diaryl/α,β-unsaturated/α-hetero) is 1. The predicted molar refractivity (Wildman–Crippen MR) is 105 cm³/mol. The fourth-order valence-corrected chi connectivity index (χ4v) is 4.38. The summed E-state index contributed by atoms with van der Waals surface area (Å²) in [5.74, 6) is -4.68. The molecule has 9 heteroatoms. The molecule has 0 amide bonds. The number of rotatable bonds is 6. The summed E-state index contributed by atoms with van der Waals surface area (Å²) in [6.45, 7) is 1.29. The summed E-state index contributed by atoms with van der Waals surface area (Å²) < 4.78 is 37.8. The van der Waals surface area contributed by atoms with Gasteiger partial charge in [0.15, 0.2) is 15.6 Å². The van der Waals surface area contributed by atoms with Crippen molar-refractivity contribution in [2.24, 2.45) is 5.92 Å². The van der Waals surface area contributed by atoms with E-state index in [0.717, 1.165) is 30.9 Å². The Labute approximate surface area is 172 Å². The van der Waals surface area contributed by atoms with Gasteiger partial charge >= 0.3 is 11.9 Å². The van der Waals surface area contributed by atoms with E-state index >= 15 is 0 Å². The monoisotopic (exact) mass is 434 g/mol. The van der Waals surface area contributed by atoms with E-state index in [9.17, 15) is 37.4 Å². The van der Waals surface area contributed by atoms with Crippen LogP contribution in [0, 0.1) is 18.7 Å². The van der Waals surface area contributed by atoms with Crippen LogP contribution in [0.5, 0.6) is 0 Å². The van der Waals surface area contributed by atoms with E-state index in [2.05, 4.69) is 0 Å². The van der Waals surface area contributed by atoms with Crippen molar-refractivity contribution in [2.75, 3.05) is 6.26 Å². The average molecular weight is 434 g/mol. The Morgan fingerprint density at radius 3 is 2.07 bits per heavy atom. The molecule has 7 nitrogen and oxygen atoms in total. The third-order valence-electron chi connectivity index (χ3n) is 5.39. The minimum atomic E-state index is -3.84. The van der Waals surface area contributed by atoms with E-state index in [1.54, 1.807) is 0 Å². The van der Waals surface area contributed by atoms with Crippen molar-refractivity contribution in [1.29, 1.82) is 0 Å². The van der Waals surface area contributed by atoms with E-state index < -0.39 is 38.3 Å². The molecule has 0 radical (unpaired) electrons. The zero-order chi connectivity index (χ0) is 22.4. The van der Waals surface area contributed by atoms with Crippen molar-refractivity contribution < 1.29 is 37.4 Å². The van der Waals surface area contributed by atoms with Gasteiger partial charge in [-0.15, -0.1) is 0 Å². The summed E-state index contributed by atoms with van der Waals surface area (Å²) in [6.07, 6.45) is 2.92. The molecule has 158 valence electrons. The van der Waals surface area contributed by atoms with Crippen molar-refractivity contribution in [2.45, 2.75) is 31.1 Å². The maximum Gasteiger partial charge on any atom is 0.336 e. The molecule has 2 aromatic rings.